The molecule has 3 nitrogen and oxygen atoms in total. The summed E-state index contributed by atoms with van der Waals surface area (Å²) < 4.78 is 0. The average Bonchev–Trinajstić information content (AvgIpc) is 2.75. The van der Waals surface area contributed by atoms with Gasteiger partial charge in [-0.1, -0.05) is 0 Å². The molecule has 2 aromatic rings. The van der Waals surface area contributed by atoms with Crippen LogP contribution in [0, 0.1) is 0 Å². The standard InChI is InChI=1S/C8H9N3S2/c1-11(2)8-10-6(5-13-8)7-9-3-4-12-7/h3-5H,1-2H3. The van der Waals surface area contributed by atoms with E-state index in [1.165, 1.54) is 0 Å². The van der Waals surface area contributed by atoms with Gasteiger partial charge in [0.05, 0.1) is 0 Å². The van der Waals surface area contributed by atoms with Crippen LogP contribution in [0.2, 0.25) is 0 Å². The molecule has 0 aliphatic carbocycles. The maximum absolute atomic E-state index is 4.44. The molecule has 0 saturated carbocycles. The van der Waals surface area contributed by atoms with Crippen LogP contribution in [-0.2, 0) is 0 Å². The summed E-state index contributed by atoms with van der Waals surface area (Å²) in [5, 5.41) is 6.01. The van der Waals surface area contributed by atoms with Crippen LogP contribution >= 0.6 is 22.7 Å². The van der Waals surface area contributed by atoms with Crippen molar-refractivity contribution in [2.24, 2.45) is 0 Å². The Morgan fingerprint density at radius 2 is 2.15 bits per heavy atom. The zero-order valence-electron chi connectivity index (χ0n) is 7.39. The zero-order valence-corrected chi connectivity index (χ0v) is 9.02. The van der Waals surface area contributed by atoms with E-state index in [4.69, 9.17) is 0 Å². The second kappa shape index (κ2) is 3.43. The first kappa shape index (κ1) is 8.65. The van der Waals surface area contributed by atoms with Crippen LogP contribution < -0.4 is 4.90 Å². The van der Waals surface area contributed by atoms with Crippen molar-refractivity contribution in [2.75, 3.05) is 19.0 Å². The van der Waals surface area contributed by atoms with Crippen molar-refractivity contribution < 1.29 is 0 Å². The second-order valence-corrected chi connectivity index (χ2v) is 4.48. The Labute approximate surface area is 84.7 Å². The number of aromatic nitrogens is 2. The fourth-order valence-electron chi connectivity index (χ4n) is 0.918. The van der Waals surface area contributed by atoms with Gasteiger partial charge in [-0.3, -0.25) is 0 Å². The molecule has 0 atom stereocenters. The first-order chi connectivity index (χ1) is 6.27. The minimum Gasteiger partial charge on any atom is -0.354 e. The van der Waals surface area contributed by atoms with E-state index in [0.717, 1.165) is 15.8 Å². The molecule has 0 spiro atoms. The van der Waals surface area contributed by atoms with Crippen molar-refractivity contribution in [1.29, 1.82) is 0 Å². The molecule has 0 unspecified atom stereocenters. The molecule has 0 aliphatic heterocycles. The molecule has 0 amide bonds. The second-order valence-electron chi connectivity index (χ2n) is 2.75. The van der Waals surface area contributed by atoms with E-state index in [2.05, 4.69) is 9.97 Å². The van der Waals surface area contributed by atoms with Gasteiger partial charge < -0.3 is 4.90 Å². The van der Waals surface area contributed by atoms with Gasteiger partial charge in [0.25, 0.3) is 0 Å². The van der Waals surface area contributed by atoms with Gasteiger partial charge in [-0.25, -0.2) is 9.97 Å². The van der Waals surface area contributed by atoms with E-state index in [0.29, 0.717) is 0 Å². The van der Waals surface area contributed by atoms with Gasteiger partial charge in [-0.2, -0.15) is 0 Å². The van der Waals surface area contributed by atoms with Gasteiger partial charge in [0, 0.05) is 31.1 Å². The van der Waals surface area contributed by atoms with Crippen LogP contribution in [0.5, 0.6) is 0 Å². The third-order valence-electron chi connectivity index (χ3n) is 1.53. The molecule has 13 heavy (non-hydrogen) atoms. The molecule has 5 heteroatoms. The van der Waals surface area contributed by atoms with Crippen molar-refractivity contribution >= 4 is 27.8 Å². The van der Waals surface area contributed by atoms with Crippen molar-refractivity contribution in [2.45, 2.75) is 0 Å². The summed E-state index contributed by atoms with van der Waals surface area (Å²) in [6, 6.07) is 0. The van der Waals surface area contributed by atoms with Gasteiger partial charge in [0.1, 0.15) is 10.7 Å². The molecule has 0 aliphatic rings. The van der Waals surface area contributed by atoms with Crippen LogP contribution in [0.25, 0.3) is 10.7 Å². The van der Waals surface area contributed by atoms with E-state index < -0.39 is 0 Å². The number of nitrogens with zero attached hydrogens (tertiary/aromatic N) is 3. The Hall–Kier alpha value is -0.940. The first-order valence-corrected chi connectivity index (χ1v) is 5.56. The van der Waals surface area contributed by atoms with Crippen LogP contribution in [0.1, 0.15) is 0 Å². The van der Waals surface area contributed by atoms with Crippen molar-refractivity contribution in [1.82, 2.24) is 9.97 Å². The van der Waals surface area contributed by atoms with Gasteiger partial charge in [0.2, 0.25) is 0 Å². The largest absolute Gasteiger partial charge is 0.354 e. The summed E-state index contributed by atoms with van der Waals surface area (Å²) in [5.74, 6) is 0. The number of hydrogen-bond donors (Lipinski definition) is 0. The van der Waals surface area contributed by atoms with Crippen LogP contribution in [0.4, 0.5) is 5.13 Å². The lowest BCUT2D eigenvalue weighted by Gasteiger charge is -2.04. The average molecular weight is 211 g/mol. The highest BCUT2D eigenvalue weighted by Crippen LogP contribution is 2.27. The molecule has 0 bridgehead atoms. The molecular formula is C8H9N3S2. The topological polar surface area (TPSA) is 29.0 Å². The third-order valence-corrected chi connectivity index (χ3v) is 3.33. The molecule has 2 aromatic heterocycles. The minimum atomic E-state index is 0.976. The van der Waals surface area contributed by atoms with Gasteiger partial charge in [0.15, 0.2) is 5.13 Å². The summed E-state index contributed by atoms with van der Waals surface area (Å²) in [5.41, 5.74) is 0.976. The summed E-state index contributed by atoms with van der Waals surface area (Å²) in [4.78, 5) is 10.6. The van der Waals surface area contributed by atoms with E-state index in [9.17, 15) is 0 Å². The maximum atomic E-state index is 4.44. The summed E-state index contributed by atoms with van der Waals surface area (Å²) in [6.07, 6.45) is 1.80. The molecule has 68 valence electrons. The quantitative estimate of drug-likeness (QED) is 0.763. The number of anilines is 1. The molecule has 0 aromatic carbocycles. The van der Waals surface area contributed by atoms with Crippen molar-refractivity contribution in [3.8, 4) is 10.7 Å². The highest BCUT2D eigenvalue weighted by molar-refractivity contribution is 7.15. The fourth-order valence-corrected chi connectivity index (χ4v) is 2.33. The van der Waals surface area contributed by atoms with E-state index in [1.807, 2.05) is 29.8 Å². The highest BCUT2D eigenvalue weighted by atomic mass is 32.1. The van der Waals surface area contributed by atoms with E-state index >= 15 is 0 Å². The van der Waals surface area contributed by atoms with Gasteiger partial charge in [-0.15, -0.1) is 22.7 Å². The summed E-state index contributed by atoms with van der Waals surface area (Å²) in [6.45, 7) is 0. The number of hydrogen-bond acceptors (Lipinski definition) is 5. The lowest BCUT2D eigenvalue weighted by molar-refractivity contribution is 1.11. The predicted molar refractivity (Wildman–Crippen MR) is 57.5 cm³/mol. The van der Waals surface area contributed by atoms with Crippen LogP contribution in [-0.4, -0.2) is 24.1 Å². The Kier molecular flexibility index (Phi) is 2.28. The summed E-state index contributed by atoms with van der Waals surface area (Å²) >= 11 is 3.25. The zero-order chi connectivity index (χ0) is 9.26. The van der Waals surface area contributed by atoms with E-state index in [1.54, 1.807) is 28.9 Å². The molecule has 0 saturated heterocycles. The molecule has 0 N–H and O–H groups in total. The first-order valence-electron chi connectivity index (χ1n) is 3.80. The fraction of sp³-hybridized carbons (Fsp3) is 0.250. The Morgan fingerprint density at radius 3 is 2.69 bits per heavy atom. The summed E-state index contributed by atoms with van der Waals surface area (Å²) in [7, 11) is 3.98. The van der Waals surface area contributed by atoms with Crippen molar-refractivity contribution in [3.63, 3.8) is 0 Å². The molecule has 2 rings (SSSR count). The molecule has 2 heterocycles. The number of rotatable bonds is 2. The molecule has 0 fully saturated rings. The lowest BCUT2D eigenvalue weighted by Crippen LogP contribution is -2.07. The third kappa shape index (κ3) is 1.71. The smallest absolute Gasteiger partial charge is 0.185 e. The molecular weight excluding hydrogens is 202 g/mol. The molecule has 0 radical (unpaired) electrons. The maximum Gasteiger partial charge on any atom is 0.185 e. The number of thiazole rings is 2. The van der Waals surface area contributed by atoms with E-state index in [-0.39, 0.29) is 0 Å². The SMILES string of the molecule is CN(C)c1nc(-c2nccs2)cs1. The van der Waals surface area contributed by atoms with Gasteiger partial charge >= 0.3 is 0 Å². The Balaban J connectivity index is 2.33. The lowest BCUT2D eigenvalue weighted by atomic mass is 10.5. The highest BCUT2D eigenvalue weighted by Gasteiger charge is 2.06. The normalized spacial score (nSPS) is 10.3. The monoisotopic (exact) mass is 211 g/mol. The minimum absolute atomic E-state index is 0.976. The van der Waals surface area contributed by atoms with Gasteiger partial charge in [-0.05, 0) is 0 Å². The van der Waals surface area contributed by atoms with Crippen LogP contribution in [0.15, 0.2) is 17.0 Å². The predicted octanol–water partition coefficient (Wildman–Crippen LogP) is 2.33. The Morgan fingerprint density at radius 1 is 1.31 bits per heavy atom. The van der Waals surface area contributed by atoms with Crippen molar-refractivity contribution in [3.05, 3.63) is 17.0 Å². The Bertz CT molecular complexity index is 378. The van der Waals surface area contributed by atoms with Crippen LogP contribution in [0.3, 0.4) is 0 Å².